The molecule has 0 unspecified atom stereocenters. The second-order valence-corrected chi connectivity index (χ2v) is 23.3. The van der Waals surface area contributed by atoms with E-state index in [1.54, 1.807) is 28.4 Å². The van der Waals surface area contributed by atoms with Crippen LogP contribution in [0.15, 0.2) is 115 Å². The monoisotopic (exact) mass is 1180 g/mol. The fourth-order valence-electron chi connectivity index (χ4n) is 8.00. The van der Waals surface area contributed by atoms with Gasteiger partial charge < -0.3 is 37.9 Å². The SMILES string of the molecule is COCOc1cc(Br)c2cc(Br)ccc2c1-c1c(OCOC)cc(Br)c2cc(Br)ccc12.COCOc1cc([SiH3])c2cc([SiH3])ccc2c1-c1c(OCOC)cc([SiH3])c2cc([SiH3])ccc12. The quantitative estimate of drug-likeness (QED) is 0.0935. The first-order valence-corrected chi connectivity index (χ1v) is 27.4. The van der Waals surface area contributed by atoms with E-state index in [-0.39, 0.29) is 27.2 Å². The van der Waals surface area contributed by atoms with Crippen LogP contribution in [-0.4, -0.2) is 96.6 Å². The third kappa shape index (κ3) is 10.4. The topological polar surface area (TPSA) is 73.8 Å². The highest BCUT2D eigenvalue weighted by Gasteiger charge is 2.24. The van der Waals surface area contributed by atoms with Crippen molar-refractivity contribution < 1.29 is 37.9 Å². The maximum atomic E-state index is 6.16. The zero-order valence-electron chi connectivity index (χ0n) is 36.8. The smallest absolute Gasteiger partial charge is 0.188 e. The van der Waals surface area contributed by atoms with E-state index < -0.39 is 0 Å². The van der Waals surface area contributed by atoms with Crippen molar-refractivity contribution in [2.45, 2.75) is 0 Å². The van der Waals surface area contributed by atoms with E-state index >= 15 is 0 Å². The van der Waals surface area contributed by atoms with Crippen LogP contribution in [0.1, 0.15) is 0 Å². The molecule has 0 spiro atoms. The van der Waals surface area contributed by atoms with Gasteiger partial charge in [0.2, 0.25) is 0 Å². The Morgan fingerprint density at radius 3 is 0.969 bits per heavy atom. The molecule has 64 heavy (non-hydrogen) atoms. The number of benzene rings is 8. The molecule has 8 aromatic rings. The molecule has 332 valence electrons. The first-order chi connectivity index (χ1) is 30.9. The molecule has 0 fully saturated rings. The van der Waals surface area contributed by atoms with Crippen LogP contribution in [0, 0.1) is 0 Å². The highest BCUT2D eigenvalue weighted by atomic mass is 79.9. The van der Waals surface area contributed by atoms with Crippen LogP contribution in [0.4, 0.5) is 0 Å². The summed E-state index contributed by atoms with van der Waals surface area (Å²) < 4.78 is 49.2. The predicted octanol–water partition coefficient (Wildman–Crippen LogP) is 6.26. The molecule has 8 aromatic carbocycles. The number of methoxy groups -OCH3 is 4. The van der Waals surface area contributed by atoms with Gasteiger partial charge in [0.15, 0.2) is 27.2 Å². The molecule has 0 N–H and O–H groups in total. The maximum Gasteiger partial charge on any atom is 0.188 e. The van der Waals surface area contributed by atoms with Crippen molar-refractivity contribution in [2.75, 3.05) is 55.6 Å². The number of halogens is 4. The Kier molecular flexibility index (Phi) is 16.7. The van der Waals surface area contributed by atoms with Crippen molar-refractivity contribution in [3.05, 3.63) is 115 Å². The fourth-order valence-corrected chi connectivity index (χ4v) is 12.1. The number of ether oxygens (including phenoxy) is 8. The summed E-state index contributed by atoms with van der Waals surface area (Å²) in [6.45, 7) is 0.646. The van der Waals surface area contributed by atoms with Gasteiger partial charge in [-0.05, 0) is 91.6 Å². The summed E-state index contributed by atoms with van der Waals surface area (Å²) in [5, 5.41) is 14.6. The Bertz CT molecular complexity index is 2620. The van der Waals surface area contributed by atoms with Crippen LogP contribution < -0.4 is 39.7 Å². The van der Waals surface area contributed by atoms with Gasteiger partial charge in [0.1, 0.15) is 23.0 Å². The van der Waals surface area contributed by atoms with Crippen LogP contribution in [0.2, 0.25) is 0 Å². The van der Waals surface area contributed by atoms with E-state index in [9.17, 15) is 0 Å². The molecule has 0 atom stereocenters. The lowest BCUT2D eigenvalue weighted by atomic mass is 9.92. The van der Waals surface area contributed by atoms with Gasteiger partial charge in [-0.15, -0.1) is 0 Å². The van der Waals surface area contributed by atoms with E-state index in [0.717, 1.165) is 114 Å². The summed E-state index contributed by atoms with van der Waals surface area (Å²) in [7, 11) is 10.4. The summed E-state index contributed by atoms with van der Waals surface area (Å²) in [5.74, 6) is 3.04. The highest BCUT2D eigenvalue weighted by Crippen LogP contribution is 2.50. The third-order valence-electron chi connectivity index (χ3n) is 10.8. The van der Waals surface area contributed by atoms with Gasteiger partial charge in [-0.1, -0.05) is 133 Å². The lowest BCUT2D eigenvalue weighted by Gasteiger charge is -2.21. The Morgan fingerprint density at radius 2 is 0.641 bits per heavy atom. The molecular formula is C48H48Br4O8Si4. The largest absolute Gasteiger partial charge is 0.467 e. The summed E-state index contributed by atoms with van der Waals surface area (Å²) >= 11 is 14.6. The second-order valence-electron chi connectivity index (χ2n) is 15.3. The van der Waals surface area contributed by atoms with Gasteiger partial charge >= 0.3 is 0 Å². The van der Waals surface area contributed by atoms with Crippen molar-refractivity contribution in [1.82, 2.24) is 0 Å². The first-order valence-electron chi connectivity index (χ1n) is 20.3. The molecule has 16 heteroatoms. The van der Waals surface area contributed by atoms with Crippen molar-refractivity contribution >= 4 is 169 Å². The van der Waals surface area contributed by atoms with Crippen LogP contribution >= 0.6 is 63.7 Å². The minimum Gasteiger partial charge on any atom is -0.467 e. The highest BCUT2D eigenvalue weighted by molar-refractivity contribution is 9.11. The Morgan fingerprint density at radius 1 is 0.344 bits per heavy atom. The summed E-state index contributed by atoms with van der Waals surface area (Å²) in [4.78, 5) is 0. The predicted molar refractivity (Wildman–Crippen MR) is 293 cm³/mol. The van der Waals surface area contributed by atoms with E-state index in [2.05, 4.69) is 137 Å². The third-order valence-corrected chi connectivity index (χ3v) is 16.0. The van der Waals surface area contributed by atoms with E-state index in [1.807, 2.05) is 24.3 Å². The van der Waals surface area contributed by atoms with Gasteiger partial charge in [0, 0.05) is 110 Å². The molecule has 0 aliphatic rings. The van der Waals surface area contributed by atoms with Crippen LogP contribution in [0.3, 0.4) is 0 Å². The molecule has 0 aromatic heterocycles. The molecule has 0 saturated heterocycles. The Hall–Kier alpha value is -3.37. The lowest BCUT2D eigenvalue weighted by molar-refractivity contribution is 0.0501. The van der Waals surface area contributed by atoms with Crippen molar-refractivity contribution in [3.63, 3.8) is 0 Å². The molecule has 0 bridgehead atoms. The van der Waals surface area contributed by atoms with E-state index in [4.69, 9.17) is 37.9 Å². The minimum absolute atomic E-state index is 0.121. The average molecular weight is 1180 g/mol. The first kappa shape index (κ1) is 48.6. The van der Waals surface area contributed by atoms with Crippen molar-refractivity contribution in [1.29, 1.82) is 0 Å². The minimum atomic E-state index is 0.121. The normalized spacial score (nSPS) is 11.5. The van der Waals surface area contributed by atoms with Gasteiger partial charge in [0.25, 0.3) is 0 Å². The van der Waals surface area contributed by atoms with Gasteiger partial charge in [-0.2, -0.15) is 0 Å². The van der Waals surface area contributed by atoms with Crippen LogP contribution in [0.5, 0.6) is 23.0 Å². The maximum absolute atomic E-state index is 6.16. The number of fused-ring (bicyclic) bond motifs is 4. The van der Waals surface area contributed by atoms with Crippen molar-refractivity contribution in [3.8, 4) is 45.3 Å². The number of rotatable bonds is 14. The summed E-state index contributed by atoms with van der Waals surface area (Å²) in [6, 6.07) is 34.3. The molecule has 0 aliphatic carbocycles. The average Bonchev–Trinajstić information content (AvgIpc) is 3.28. The standard InChI is InChI=1S/C24H18Br4O4.C24H30O4Si4/c1-29-11-31-21-9-19(27)17-7-13(25)3-5-15(17)23(21)24-16-6-4-14(26)8-18(16)20(28)10-22(24)32-12-30-2;1-25-11-27-19-9-21(31)17-7-13(29)3-5-15(17)23(19)24-16-6-4-14(30)8-18(16)22(32)10-20(24)28-12-26-2/h3-10H,11-12H2,1-2H3;3-10H,11-12H2,1-2,29-32H3. The second kappa shape index (κ2) is 22.0. The molecule has 8 nitrogen and oxygen atoms in total. The fraction of sp³-hybridized carbons (Fsp3) is 0.167. The molecule has 0 heterocycles. The zero-order chi connectivity index (χ0) is 45.7. The molecular weight excluding hydrogens is 1140 g/mol. The van der Waals surface area contributed by atoms with Gasteiger partial charge in [-0.25, -0.2) is 0 Å². The number of hydrogen-bond donors (Lipinski definition) is 0. The van der Waals surface area contributed by atoms with Crippen LogP contribution in [0.25, 0.3) is 65.3 Å². The zero-order valence-corrected chi connectivity index (χ0v) is 51.2. The Labute approximate surface area is 418 Å². The molecule has 0 radical (unpaired) electrons. The number of hydrogen-bond acceptors (Lipinski definition) is 8. The van der Waals surface area contributed by atoms with E-state index in [0.29, 0.717) is 11.5 Å². The molecule has 0 aliphatic heterocycles. The Balaban J connectivity index is 0.000000191. The molecule has 8 rings (SSSR count). The lowest BCUT2D eigenvalue weighted by Crippen LogP contribution is -2.14. The van der Waals surface area contributed by atoms with Crippen LogP contribution in [-0.2, 0) is 18.9 Å². The summed E-state index contributed by atoms with van der Waals surface area (Å²) in [6.07, 6.45) is 0. The van der Waals surface area contributed by atoms with Gasteiger partial charge in [0.05, 0.1) is 0 Å². The summed E-state index contributed by atoms with van der Waals surface area (Å²) in [5.41, 5.74) is 3.96. The molecule has 0 saturated carbocycles. The molecule has 0 amide bonds. The van der Waals surface area contributed by atoms with E-state index in [1.165, 1.54) is 42.3 Å². The van der Waals surface area contributed by atoms with Gasteiger partial charge in [-0.3, -0.25) is 0 Å². The van der Waals surface area contributed by atoms with Crippen molar-refractivity contribution in [2.24, 2.45) is 0 Å².